The maximum atomic E-state index is 11.7. The molecule has 78 heavy (non-hydrogen) atoms. The Kier molecular flexibility index (Phi) is 16.9. The Hall–Kier alpha value is -5.88. The van der Waals surface area contributed by atoms with Crippen molar-refractivity contribution in [2.24, 2.45) is 5.92 Å². The van der Waals surface area contributed by atoms with Crippen molar-refractivity contribution in [3.63, 3.8) is 0 Å². The third-order valence-electron chi connectivity index (χ3n) is 16.8. The number of hydrogen-bond donors (Lipinski definition) is 0. The van der Waals surface area contributed by atoms with Crippen LogP contribution in [0.1, 0.15) is 153 Å². The average molecular weight is 1090 g/mol. The number of sulfone groups is 1. The second kappa shape index (κ2) is 23.8. The van der Waals surface area contributed by atoms with E-state index in [-0.39, 0.29) is 17.5 Å². The second-order valence-electron chi connectivity index (χ2n) is 23.6. The van der Waals surface area contributed by atoms with Crippen LogP contribution in [0.4, 0.5) is 23.3 Å². The van der Waals surface area contributed by atoms with Crippen LogP contribution in [0.25, 0.3) is 0 Å². The molecule has 422 valence electrons. The minimum Gasteiger partial charge on any atom is -0.487 e. The molecule has 4 fully saturated rings. The van der Waals surface area contributed by atoms with Gasteiger partial charge in [-0.2, -0.15) is 5.10 Å². The van der Waals surface area contributed by atoms with Crippen LogP contribution in [-0.2, 0) is 14.6 Å². The van der Waals surface area contributed by atoms with Gasteiger partial charge >= 0.3 is 0 Å². The first-order valence-electron chi connectivity index (χ1n) is 29.0. The molecule has 13 heterocycles. The zero-order chi connectivity index (χ0) is 54.8. The lowest BCUT2D eigenvalue weighted by atomic mass is 10.0. The molecule has 13 rings (SSSR count). The maximum Gasteiger partial charge on any atom is 0.172 e. The summed E-state index contributed by atoms with van der Waals surface area (Å²) >= 11 is 0. The molecule has 8 aliphatic heterocycles. The zero-order valence-corrected chi connectivity index (χ0v) is 48.6. The number of anilines is 4. The fraction of sp³-hybridized carbons (Fsp3) is 0.617. The summed E-state index contributed by atoms with van der Waals surface area (Å²) in [5.74, 6) is 10.6. The third-order valence-corrected chi connectivity index (χ3v) is 18.5. The number of rotatable bonds is 9. The fourth-order valence-corrected chi connectivity index (χ4v) is 14.0. The maximum absolute atomic E-state index is 11.7. The van der Waals surface area contributed by atoms with Gasteiger partial charge in [-0.05, 0) is 85.6 Å². The number of fused-ring (bicyclic) bond motifs is 12. The van der Waals surface area contributed by atoms with E-state index in [1.54, 1.807) is 6.20 Å². The Labute approximate surface area is 463 Å². The van der Waals surface area contributed by atoms with Crippen LogP contribution in [0.5, 0.6) is 23.0 Å². The van der Waals surface area contributed by atoms with E-state index in [0.717, 1.165) is 123 Å². The van der Waals surface area contributed by atoms with E-state index in [2.05, 4.69) is 137 Å². The predicted octanol–water partition coefficient (Wildman–Crippen LogP) is 9.99. The van der Waals surface area contributed by atoms with Crippen LogP contribution in [0.2, 0.25) is 0 Å². The molecule has 0 bridgehead atoms. The van der Waals surface area contributed by atoms with Gasteiger partial charge in [0.2, 0.25) is 0 Å². The van der Waals surface area contributed by atoms with Crippen LogP contribution in [0.15, 0.2) is 67.5 Å². The molecule has 8 aliphatic rings. The normalized spacial score (nSPS) is 24.7. The summed E-state index contributed by atoms with van der Waals surface area (Å²) in [6, 6.07) is 11.9. The van der Waals surface area contributed by atoms with E-state index in [9.17, 15) is 8.42 Å². The molecule has 0 spiro atoms. The Morgan fingerprint density at radius 3 is 1.46 bits per heavy atom. The third kappa shape index (κ3) is 11.6. The molecular weight excluding hydrogens is 1000 g/mol. The molecule has 0 N–H and O–H groups in total. The number of aromatic nitrogens is 6. The van der Waals surface area contributed by atoms with Crippen molar-refractivity contribution in [2.45, 2.75) is 161 Å². The van der Waals surface area contributed by atoms with Crippen molar-refractivity contribution in [1.82, 2.24) is 29.7 Å². The quantitative estimate of drug-likeness (QED) is 0.137. The van der Waals surface area contributed by atoms with Gasteiger partial charge in [-0.25, -0.2) is 28.4 Å². The smallest absolute Gasteiger partial charge is 0.172 e. The highest BCUT2D eigenvalue weighted by atomic mass is 32.2. The number of hydrogen-bond acceptors (Lipinski definition) is 16. The lowest BCUT2D eigenvalue weighted by molar-refractivity contribution is 0.0655. The van der Waals surface area contributed by atoms with E-state index in [1.807, 2.05) is 43.1 Å². The molecule has 0 aromatic carbocycles. The Morgan fingerprint density at radius 1 is 0.551 bits per heavy atom. The fourth-order valence-electron chi connectivity index (χ4n) is 12.5. The molecule has 0 radical (unpaired) electrons. The highest BCUT2D eigenvalue weighted by molar-refractivity contribution is 7.91. The van der Waals surface area contributed by atoms with E-state index in [1.165, 1.54) is 29.5 Å². The number of pyridine rings is 4. The van der Waals surface area contributed by atoms with Gasteiger partial charge in [0, 0.05) is 92.2 Å². The van der Waals surface area contributed by atoms with Gasteiger partial charge in [-0.15, -0.1) is 0 Å². The lowest BCUT2D eigenvalue weighted by Crippen LogP contribution is -2.53. The van der Waals surface area contributed by atoms with Crippen LogP contribution >= 0.6 is 0 Å². The first-order chi connectivity index (χ1) is 37.6. The van der Waals surface area contributed by atoms with Gasteiger partial charge in [0.05, 0.1) is 47.8 Å². The molecule has 5 aromatic heterocycles. The standard InChI is InChI=1S/C16H20N4O.C16H24N2O2.C15H22N2O.C13H18N2O3S/c1-11(2)14-4-6-17-16-15(14)21-10-13-8-12(9-19(13)16)20-7-3-5-18-20;1-4-7-19-13-8-12-10-20-15-14(11(2)3)5-6-17-16(15)18(12)9-13;1-4-11-7-12-9-18-14-13(10(2)3)5-6-16-15(14)17(12)8-11;1-9(2)11-3-4-14-13-12(11)18-7-10-8-19(16,17)6-5-15(10)13/h3-7,11-13H,8-10H2,1-2H3;5-6,11-13H,4,7-10H2,1-3H3;5-6,10-12H,4,7-9H2,1-3H3;3-4,9-10H,5-8H2,1-2H3. The SMILES string of the molecule is CC(C)c1ccnc2c1OCC1CC(n3cccn3)CN21.CC(C)c1ccnc2c1OCC1CS(=O)(=O)CCN21.CCC1CC2COc3c(C(C)C)ccnc3N2C1.CCCOC1CC2COc3c(C(C)C)ccnc3N2C1. The molecule has 18 heteroatoms. The number of nitrogens with zero attached hydrogens (tertiary/aromatic N) is 10. The van der Waals surface area contributed by atoms with Crippen LogP contribution in [0.3, 0.4) is 0 Å². The van der Waals surface area contributed by atoms with Gasteiger partial charge in [0.25, 0.3) is 0 Å². The summed E-state index contributed by atoms with van der Waals surface area (Å²) in [5, 5.41) is 4.39. The lowest BCUT2D eigenvalue weighted by Gasteiger charge is -2.41. The number of ether oxygens (including phenoxy) is 5. The summed E-state index contributed by atoms with van der Waals surface area (Å²) in [5.41, 5.74) is 4.93. The van der Waals surface area contributed by atoms with Gasteiger partial charge < -0.3 is 43.3 Å². The van der Waals surface area contributed by atoms with Gasteiger partial charge in [0.15, 0.2) is 56.1 Å². The highest BCUT2D eigenvalue weighted by Crippen LogP contribution is 2.46. The topological polar surface area (TPSA) is 163 Å². The highest BCUT2D eigenvalue weighted by Gasteiger charge is 2.43. The predicted molar refractivity (Wildman–Crippen MR) is 307 cm³/mol. The summed E-state index contributed by atoms with van der Waals surface area (Å²) in [4.78, 5) is 27.5. The van der Waals surface area contributed by atoms with Crippen molar-refractivity contribution >= 4 is 33.1 Å². The van der Waals surface area contributed by atoms with Crippen molar-refractivity contribution in [2.75, 3.05) is 90.3 Å². The second-order valence-corrected chi connectivity index (χ2v) is 25.8. The monoisotopic (exact) mass is 1090 g/mol. The molecule has 7 atom stereocenters. The molecule has 5 aromatic rings. The van der Waals surface area contributed by atoms with Crippen LogP contribution < -0.4 is 38.5 Å². The first-order valence-corrected chi connectivity index (χ1v) is 30.8. The largest absolute Gasteiger partial charge is 0.487 e. The van der Waals surface area contributed by atoms with Gasteiger partial charge in [0.1, 0.15) is 26.4 Å². The van der Waals surface area contributed by atoms with E-state index in [4.69, 9.17) is 23.7 Å². The van der Waals surface area contributed by atoms with Crippen molar-refractivity contribution in [3.05, 3.63) is 89.8 Å². The zero-order valence-electron chi connectivity index (χ0n) is 47.8. The van der Waals surface area contributed by atoms with E-state index in [0.29, 0.717) is 67.1 Å². The Morgan fingerprint density at radius 2 is 1.00 bits per heavy atom. The van der Waals surface area contributed by atoms with E-state index >= 15 is 0 Å². The van der Waals surface area contributed by atoms with Crippen LogP contribution in [0, 0.1) is 5.92 Å². The minimum atomic E-state index is -2.93. The molecule has 0 amide bonds. The Bertz CT molecular complexity index is 2940. The summed E-state index contributed by atoms with van der Waals surface area (Å²) in [6.45, 7) is 29.0. The van der Waals surface area contributed by atoms with E-state index < -0.39 is 9.84 Å². The summed E-state index contributed by atoms with van der Waals surface area (Å²) < 4.78 is 55.3. The molecule has 0 saturated carbocycles. The Balaban J connectivity index is 0.000000118. The molecule has 4 saturated heterocycles. The summed E-state index contributed by atoms with van der Waals surface area (Å²) in [6.07, 6.45) is 17.4. The van der Waals surface area contributed by atoms with Crippen molar-refractivity contribution in [1.29, 1.82) is 0 Å². The molecule has 7 unspecified atom stereocenters. The molecule has 17 nitrogen and oxygen atoms in total. The minimum absolute atomic E-state index is 0.0961. The van der Waals surface area contributed by atoms with Gasteiger partial charge in [-0.3, -0.25) is 4.68 Å². The van der Waals surface area contributed by atoms with Crippen LogP contribution in [-0.4, -0.2) is 139 Å². The van der Waals surface area contributed by atoms with Crippen molar-refractivity contribution in [3.8, 4) is 23.0 Å². The van der Waals surface area contributed by atoms with Gasteiger partial charge in [-0.1, -0.05) is 75.7 Å². The first kappa shape index (κ1) is 55.4. The summed E-state index contributed by atoms with van der Waals surface area (Å²) in [7, 11) is -2.93. The average Bonchev–Trinajstić information content (AvgIpc) is 4.44. The molecular formula is C60H84N10O7S. The van der Waals surface area contributed by atoms with Crippen molar-refractivity contribution < 1.29 is 32.1 Å². The molecule has 0 aliphatic carbocycles.